The molecule has 0 fully saturated rings. The minimum atomic E-state index is -0.179. The van der Waals surface area contributed by atoms with E-state index in [1.165, 1.54) is 6.20 Å². The number of hydrogen-bond acceptors (Lipinski definition) is 4. The zero-order valence-electron chi connectivity index (χ0n) is 9.78. The number of amides is 1. The molecule has 88 valence electrons. The number of nitrogens with one attached hydrogen (secondary N) is 1. The Morgan fingerprint density at radius 3 is 3.00 bits per heavy atom. The van der Waals surface area contributed by atoms with Crippen LogP contribution in [-0.4, -0.2) is 30.6 Å². The number of methoxy groups -OCH3 is 1. The number of rotatable bonds is 4. The van der Waals surface area contributed by atoms with Crippen LogP contribution in [0.2, 0.25) is 0 Å². The smallest absolute Gasteiger partial charge is 0.253 e. The fraction of sp³-hybridized carbons (Fsp3) is 0.455. The number of pyridine rings is 1. The van der Waals surface area contributed by atoms with E-state index in [0.29, 0.717) is 23.5 Å². The third-order valence-corrected chi connectivity index (χ3v) is 2.31. The van der Waals surface area contributed by atoms with Crippen LogP contribution in [-0.2, 0) is 4.74 Å². The minimum absolute atomic E-state index is 0.0155. The van der Waals surface area contributed by atoms with Crippen LogP contribution in [0.4, 0.5) is 5.69 Å². The van der Waals surface area contributed by atoms with E-state index in [1.54, 1.807) is 20.1 Å². The quantitative estimate of drug-likeness (QED) is 0.789. The van der Waals surface area contributed by atoms with Crippen molar-refractivity contribution in [2.75, 3.05) is 19.4 Å². The highest BCUT2D eigenvalue weighted by Crippen LogP contribution is 2.09. The van der Waals surface area contributed by atoms with Crippen LogP contribution in [0.25, 0.3) is 0 Å². The summed E-state index contributed by atoms with van der Waals surface area (Å²) in [7, 11) is 1.60. The topological polar surface area (TPSA) is 77.2 Å². The van der Waals surface area contributed by atoms with Crippen LogP contribution in [0.3, 0.4) is 0 Å². The number of carbonyl (C=O) groups excluding carboxylic acids is 1. The molecule has 1 unspecified atom stereocenters. The van der Waals surface area contributed by atoms with Crippen molar-refractivity contribution in [3.05, 3.63) is 23.5 Å². The molecule has 5 nitrogen and oxygen atoms in total. The zero-order valence-corrected chi connectivity index (χ0v) is 9.78. The van der Waals surface area contributed by atoms with Crippen molar-refractivity contribution in [2.45, 2.75) is 20.0 Å². The molecule has 3 N–H and O–H groups in total. The average molecular weight is 223 g/mol. The van der Waals surface area contributed by atoms with Crippen LogP contribution in [0.5, 0.6) is 0 Å². The molecule has 0 aliphatic carbocycles. The fourth-order valence-corrected chi connectivity index (χ4v) is 1.19. The number of hydrogen-bond donors (Lipinski definition) is 2. The first-order valence-electron chi connectivity index (χ1n) is 5.07. The summed E-state index contributed by atoms with van der Waals surface area (Å²) in [6.07, 6.45) is 1.52. The highest BCUT2D eigenvalue weighted by Gasteiger charge is 2.11. The molecule has 1 rings (SSSR count). The lowest BCUT2D eigenvalue weighted by atomic mass is 10.2. The summed E-state index contributed by atoms with van der Waals surface area (Å²) in [5, 5.41) is 2.76. The second kappa shape index (κ2) is 5.46. The molecule has 1 aromatic heterocycles. The van der Waals surface area contributed by atoms with Crippen molar-refractivity contribution in [2.24, 2.45) is 0 Å². The van der Waals surface area contributed by atoms with Gasteiger partial charge in [0.25, 0.3) is 5.91 Å². The molecule has 0 aromatic carbocycles. The normalized spacial score (nSPS) is 12.2. The number of nitrogens with zero attached hydrogens (tertiary/aromatic N) is 1. The molecule has 1 atom stereocenters. The maximum Gasteiger partial charge on any atom is 0.253 e. The van der Waals surface area contributed by atoms with Crippen molar-refractivity contribution < 1.29 is 9.53 Å². The van der Waals surface area contributed by atoms with E-state index in [-0.39, 0.29) is 12.0 Å². The number of aromatic nitrogens is 1. The second-order valence-electron chi connectivity index (χ2n) is 3.66. The van der Waals surface area contributed by atoms with Gasteiger partial charge >= 0.3 is 0 Å². The minimum Gasteiger partial charge on any atom is -0.397 e. The summed E-state index contributed by atoms with van der Waals surface area (Å²) in [5.74, 6) is -0.179. The monoisotopic (exact) mass is 223 g/mol. The molecular weight excluding hydrogens is 206 g/mol. The first kappa shape index (κ1) is 12.4. The van der Waals surface area contributed by atoms with E-state index in [2.05, 4.69) is 10.3 Å². The maximum atomic E-state index is 11.8. The SMILES string of the molecule is COC(C)CNC(=O)c1cc(N)cnc1C. The summed E-state index contributed by atoms with van der Waals surface area (Å²) in [5.41, 5.74) is 7.23. The summed E-state index contributed by atoms with van der Waals surface area (Å²) < 4.78 is 5.04. The van der Waals surface area contributed by atoms with E-state index < -0.39 is 0 Å². The number of ether oxygens (including phenoxy) is 1. The van der Waals surface area contributed by atoms with Crippen LogP contribution >= 0.6 is 0 Å². The molecule has 0 saturated heterocycles. The van der Waals surface area contributed by atoms with Crippen molar-refractivity contribution in [1.82, 2.24) is 10.3 Å². The Labute approximate surface area is 95.0 Å². The Morgan fingerprint density at radius 2 is 2.38 bits per heavy atom. The predicted octanol–water partition coefficient (Wildman–Crippen LogP) is 0.737. The highest BCUT2D eigenvalue weighted by atomic mass is 16.5. The van der Waals surface area contributed by atoms with Gasteiger partial charge in [0.15, 0.2) is 0 Å². The van der Waals surface area contributed by atoms with Crippen molar-refractivity contribution in [3.63, 3.8) is 0 Å². The zero-order chi connectivity index (χ0) is 12.1. The van der Waals surface area contributed by atoms with Gasteiger partial charge in [0.1, 0.15) is 0 Å². The van der Waals surface area contributed by atoms with Gasteiger partial charge in [-0.05, 0) is 19.9 Å². The number of aryl methyl sites for hydroxylation is 1. The lowest BCUT2D eigenvalue weighted by molar-refractivity contribution is 0.0869. The summed E-state index contributed by atoms with van der Waals surface area (Å²) in [6.45, 7) is 4.11. The summed E-state index contributed by atoms with van der Waals surface area (Å²) in [6, 6.07) is 1.62. The Bertz CT molecular complexity index is 379. The van der Waals surface area contributed by atoms with Crippen LogP contribution in [0, 0.1) is 6.92 Å². The lowest BCUT2D eigenvalue weighted by Crippen LogP contribution is -2.32. The highest BCUT2D eigenvalue weighted by molar-refractivity contribution is 5.95. The van der Waals surface area contributed by atoms with Crippen LogP contribution in [0.1, 0.15) is 23.0 Å². The maximum absolute atomic E-state index is 11.8. The number of nitrogens with two attached hydrogens (primary N) is 1. The van der Waals surface area contributed by atoms with Crippen LogP contribution < -0.4 is 11.1 Å². The molecule has 0 saturated carbocycles. The van der Waals surface area contributed by atoms with Crippen LogP contribution in [0.15, 0.2) is 12.3 Å². The average Bonchev–Trinajstić information content (AvgIpc) is 2.28. The molecular formula is C11H17N3O2. The fourth-order valence-electron chi connectivity index (χ4n) is 1.19. The van der Waals surface area contributed by atoms with Crippen molar-refractivity contribution in [1.29, 1.82) is 0 Å². The number of nitrogen functional groups attached to an aromatic ring is 1. The van der Waals surface area contributed by atoms with Gasteiger partial charge in [0.2, 0.25) is 0 Å². The van der Waals surface area contributed by atoms with Gasteiger partial charge in [-0.3, -0.25) is 9.78 Å². The predicted molar refractivity (Wildman–Crippen MR) is 62.2 cm³/mol. The Kier molecular flexibility index (Phi) is 4.25. The molecule has 0 bridgehead atoms. The molecule has 1 amide bonds. The first-order valence-corrected chi connectivity index (χ1v) is 5.07. The molecule has 0 radical (unpaired) electrons. The van der Waals surface area contributed by atoms with Gasteiger partial charge in [0, 0.05) is 13.7 Å². The van der Waals surface area contributed by atoms with E-state index in [9.17, 15) is 4.79 Å². The third kappa shape index (κ3) is 3.20. The standard InChI is InChI=1S/C11H17N3O2/c1-7(16-3)5-14-11(15)10-4-9(12)6-13-8(10)2/h4,6-7H,5,12H2,1-3H3,(H,14,15). The third-order valence-electron chi connectivity index (χ3n) is 2.31. The van der Waals surface area contributed by atoms with Gasteiger partial charge < -0.3 is 15.8 Å². The second-order valence-corrected chi connectivity index (χ2v) is 3.66. The molecule has 0 aliphatic heterocycles. The van der Waals surface area contributed by atoms with E-state index in [0.717, 1.165) is 0 Å². The number of anilines is 1. The molecule has 5 heteroatoms. The Morgan fingerprint density at radius 1 is 1.69 bits per heavy atom. The molecule has 0 spiro atoms. The van der Waals surface area contributed by atoms with Gasteiger partial charge in [-0.25, -0.2) is 0 Å². The van der Waals surface area contributed by atoms with Gasteiger partial charge in [-0.15, -0.1) is 0 Å². The Balaban J connectivity index is 2.69. The van der Waals surface area contributed by atoms with Gasteiger partial charge in [0.05, 0.1) is 29.2 Å². The van der Waals surface area contributed by atoms with E-state index in [1.807, 2.05) is 6.92 Å². The molecule has 16 heavy (non-hydrogen) atoms. The first-order chi connectivity index (χ1) is 7.54. The van der Waals surface area contributed by atoms with Gasteiger partial charge in [-0.2, -0.15) is 0 Å². The van der Waals surface area contributed by atoms with E-state index in [4.69, 9.17) is 10.5 Å². The molecule has 0 aliphatic rings. The van der Waals surface area contributed by atoms with E-state index >= 15 is 0 Å². The van der Waals surface area contributed by atoms with Crippen molar-refractivity contribution >= 4 is 11.6 Å². The summed E-state index contributed by atoms with van der Waals surface area (Å²) in [4.78, 5) is 15.8. The molecule has 1 heterocycles. The summed E-state index contributed by atoms with van der Waals surface area (Å²) >= 11 is 0. The lowest BCUT2D eigenvalue weighted by Gasteiger charge is -2.11. The number of carbonyl (C=O) groups is 1. The van der Waals surface area contributed by atoms with Gasteiger partial charge in [-0.1, -0.05) is 0 Å². The largest absolute Gasteiger partial charge is 0.397 e. The Hall–Kier alpha value is -1.62. The van der Waals surface area contributed by atoms with Crippen molar-refractivity contribution in [3.8, 4) is 0 Å². The molecule has 1 aromatic rings.